The topological polar surface area (TPSA) is 83.9 Å². The molecule has 1 fully saturated rings. The molecule has 0 aromatic heterocycles. The Labute approximate surface area is 110 Å². The Balaban J connectivity index is 0.00000196. The maximum atomic E-state index is 11.0. The van der Waals surface area contributed by atoms with E-state index in [2.05, 4.69) is 0 Å². The summed E-state index contributed by atoms with van der Waals surface area (Å²) in [6.07, 6.45) is 0. The molecule has 15 heavy (non-hydrogen) atoms. The van der Waals surface area contributed by atoms with Crippen LogP contribution in [0.1, 0.15) is 0 Å². The minimum Gasteiger partial charge on any atom is -0.540 e. The number of carboxylic acids is 1. The molecule has 1 aliphatic heterocycles. The Bertz CT molecular complexity index is 229. The fourth-order valence-electron chi connectivity index (χ4n) is 1.45. The van der Waals surface area contributed by atoms with Crippen molar-refractivity contribution in [1.29, 1.82) is 0 Å². The number of nitrogens with zero attached hydrogens (tertiary/aromatic N) is 2. The third-order valence-corrected chi connectivity index (χ3v) is 2.25. The van der Waals surface area contributed by atoms with Crippen molar-refractivity contribution in [1.82, 2.24) is 9.80 Å². The molecule has 1 N–H and O–H groups in total. The summed E-state index contributed by atoms with van der Waals surface area (Å²) in [7, 11) is 0. The molecule has 0 aromatic rings. The van der Waals surface area contributed by atoms with Gasteiger partial charge in [0.1, 0.15) is 5.97 Å². The van der Waals surface area contributed by atoms with Gasteiger partial charge in [-0.25, -0.2) is 0 Å². The predicted octanol–water partition coefficient (Wildman–Crippen LogP) is -6.12. The Morgan fingerprint density at radius 3 is 2.13 bits per heavy atom. The number of aliphatic hydroxyl groups excluding tert-OH is 1. The molecule has 0 radical (unpaired) electrons. The number of carboxylic acid groups (broad SMARTS) is 1. The smallest absolute Gasteiger partial charge is 0.540 e. The van der Waals surface area contributed by atoms with E-state index in [9.17, 15) is 14.7 Å². The van der Waals surface area contributed by atoms with Gasteiger partial charge in [0.2, 0.25) is 0 Å². The zero-order valence-electron chi connectivity index (χ0n) is 8.81. The molecule has 0 aliphatic carbocycles. The maximum Gasteiger partial charge on any atom is 1.00 e. The average molecular weight is 224 g/mol. The summed E-state index contributed by atoms with van der Waals surface area (Å²) < 4.78 is 0. The number of hydrogen-bond donors (Lipinski definition) is 1. The third-order valence-electron chi connectivity index (χ3n) is 2.25. The number of amides is 1. The molecule has 0 unspecified atom stereocenters. The van der Waals surface area contributed by atoms with Crippen LogP contribution < -0.4 is 34.7 Å². The van der Waals surface area contributed by atoms with Crippen LogP contribution in [0.3, 0.4) is 0 Å². The quantitative estimate of drug-likeness (QED) is 0.373. The Morgan fingerprint density at radius 1 is 1.20 bits per heavy atom. The molecule has 1 amide bonds. The standard InChI is InChI=1S/C8H14N2O4.Na/c11-6-5-9-1-3-10(4-2-9)7(12)8(13)14;/h11H,1-6H2,(H,13,14);/q;+1/p-1. The molecule has 7 heteroatoms. The van der Waals surface area contributed by atoms with Gasteiger partial charge in [-0.2, -0.15) is 0 Å². The molecule has 1 rings (SSSR count). The van der Waals surface area contributed by atoms with E-state index in [1.807, 2.05) is 4.90 Å². The Hall–Kier alpha value is -0.140. The van der Waals surface area contributed by atoms with Gasteiger partial charge in [-0.1, -0.05) is 0 Å². The van der Waals surface area contributed by atoms with Crippen molar-refractivity contribution in [2.24, 2.45) is 0 Å². The minimum absolute atomic E-state index is 0. The summed E-state index contributed by atoms with van der Waals surface area (Å²) in [5, 5.41) is 18.9. The number of piperazine rings is 1. The van der Waals surface area contributed by atoms with Crippen molar-refractivity contribution in [3.05, 3.63) is 0 Å². The third kappa shape index (κ3) is 4.48. The monoisotopic (exact) mass is 224 g/mol. The molecule has 0 bridgehead atoms. The fraction of sp³-hybridized carbons (Fsp3) is 0.750. The van der Waals surface area contributed by atoms with Crippen LogP contribution in [-0.4, -0.2) is 66.1 Å². The van der Waals surface area contributed by atoms with Crippen LogP contribution in [0.15, 0.2) is 0 Å². The number of carbonyl (C=O) groups excluding carboxylic acids is 2. The average Bonchev–Trinajstić information content (AvgIpc) is 2.18. The largest absolute Gasteiger partial charge is 1.00 e. The van der Waals surface area contributed by atoms with Crippen LogP contribution >= 0.6 is 0 Å². The summed E-state index contributed by atoms with van der Waals surface area (Å²) in [6.45, 7) is 2.60. The second-order valence-corrected chi connectivity index (χ2v) is 3.14. The molecule has 1 saturated heterocycles. The van der Waals surface area contributed by atoms with Crippen molar-refractivity contribution in [2.75, 3.05) is 39.3 Å². The van der Waals surface area contributed by atoms with Crippen LogP contribution in [0.25, 0.3) is 0 Å². The van der Waals surface area contributed by atoms with Crippen LogP contribution in [-0.2, 0) is 9.59 Å². The second kappa shape index (κ2) is 7.19. The molecule has 0 spiro atoms. The van der Waals surface area contributed by atoms with E-state index in [0.29, 0.717) is 32.7 Å². The molecule has 0 saturated carbocycles. The van der Waals surface area contributed by atoms with Gasteiger partial charge in [0.25, 0.3) is 5.91 Å². The van der Waals surface area contributed by atoms with Crippen molar-refractivity contribution >= 4 is 11.9 Å². The first-order chi connectivity index (χ1) is 6.65. The molecular weight excluding hydrogens is 211 g/mol. The number of aliphatic carboxylic acids is 1. The molecule has 0 atom stereocenters. The van der Waals surface area contributed by atoms with E-state index >= 15 is 0 Å². The summed E-state index contributed by atoms with van der Waals surface area (Å²) >= 11 is 0. The van der Waals surface area contributed by atoms with Crippen LogP contribution in [0.4, 0.5) is 0 Å². The number of aliphatic hydroxyl groups is 1. The number of β-amino-alcohol motifs (C(OH)–C–C–N with tert-alkyl or cyclic N) is 1. The van der Waals surface area contributed by atoms with E-state index in [-0.39, 0.29) is 36.2 Å². The van der Waals surface area contributed by atoms with Gasteiger partial charge in [-0.05, 0) is 0 Å². The predicted molar refractivity (Wildman–Crippen MR) is 45.1 cm³/mol. The molecule has 1 aliphatic rings. The van der Waals surface area contributed by atoms with E-state index in [4.69, 9.17) is 5.11 Å². The fourth-order valence-corrected chi connectivity index (χ4v) is 1.45. The molecule has 80 valence electrons. The Morgan fingerprint density at radius 2 is 1.73 bits per heavy atom. The van der Waals surface area contributed by atoms with Gasteiger partial charge in [0, 0.05) is 32.7 Å². The van der Waals surface area contributed by atoms with E-state index in [1.54, 1.807) is 0 Å². The first-order valence-corrected chi connectivity index (χ1v) is 4.48. The van der Waals surface area contributed by atoms with Crippen molar-refractivity contribution in [2.45, 2.75) is 0 Å². The van der Waals surface area contributed by atoms with E-state index in [0.717, 1.165) is 0 Å². The number of rotatable bonds is 2. The minimum atomic E-state index is -1.65. The first-order valence-electron chi connectivity index (χ1n) is 4.48. The second-order valence-electron chi connectivity index (χ2n) is 3.14. The van der Waals surface area contributed by atoms with E-state index in [1.165, 1.54) is 4.90 Å². The molecule has 1 heterocycles. The summed E-state index contributed by atoms with van der Waals surface area (Å²) in [5.41, 5.74) is 0. The normalized spacial score (nSPS) is 17.0. The maximum absolute atomic E-state index is 11.0. The van der Waals surface area contributed by atoms with Crippen LogP contribution in [0.2, 0.25) is 0 Å². The number of hydrogen-bond acceptors (Lipinski definition) is 5. The van der Waals surface area contributed by atoms with Gasteiger partial charge in [-0.3, -0.25) is 9.69 Å². The van der Waals surface area contributed by atoms with Gasteiger partial charge in [0.05, 0.1) is 6.61 Å². The van der Waals surface area contributed by atoms with Crippen molar-refractivity contribution in [3.63, 3.8) is 0 Å². The van der Waals surface area contributed by atoms with Crippen LogP contribution in [0.5, 0.6) is 0 Å². The molecular formula is C8H13N2NaO4. The molecule has 0 aromatic carbocycles. The van der Waals surface area contributed by atoms with Gasteiger partial charge >= 0.3 is 29.6 Å². The van der Waals surface area contributed by atoms with Crippen LogP contribution in [0, 0.1) is 0 Å². The van der Waals surface area contributed by atoms with Crippen molar-refractivity contribution in [3.8, 4) is 0 Å². The zero-order valence-corrected chi connectivity index (χ0v) is 10.8. The Kier molecular flexibility index (Phi) is 7.12. The first kappa shape index (κ1) is 14.9. The van der Waals surface area contributed by atoms with Gasteiger partial charge in [-0.15, -0.1) is 0 Å². The molecule has 6 nitrogen and oxygen atoms in total. The van der Waals surface area contributed by atoms with Gasteiger partial charge < -0.3 is 19.9 Å². The summed E-state index contributed by atoms with van der Waals surface area (Å²) in [5.74, 6) is -2.60. The zero-order chi connectivity index (χ0) is 10.6. The van der Waals surface area contributed by atoms with Gasteiger partial charge in [0.15, 0.2) is 0 Å². The van der Waals surface area contributed by atoms with Crippen molar-refractivity contribution < 1.29 is 49.4 Å². The van der Waals surface area contributed by atoms with E-state index < -0.39 is 11.9 Å². The number of carbonyl (C=O) groups is 2. The summed E-state index contributed by atoms with van der Waals surface area (Å²) in [4.78, 5) is 24.4. The SMILES string of the molecule is O=C([O-])C(=O)N1CCN(CCO)CC1.[Na+]. The summed E-state index contributed by atoms with van der Waals surface area (Å²) in [6, 6.07) is 0.